The van der Waals surface area contributed by atoms with E-state index in [1.807, 2.05) is 20.8 Å². The van der Waals surface area contributed by atoms with Crippen LogP contribution in [-0.4, -0.2) is 69.2 Å². The van der Waals surface area contributed by atoms with Gasteiger partial charge < -0.3 is 18.5 Å². The molecule has 2 heterocycles. The fourth-order valence-electron chi connectivity index (χ4n) is 4.38. The Balaban J connectivity index is 2.10. The highest BCUT2D eigenvalue weighted by Gasteiger charge is 2.41. The fraction of sp³-hybridized carbons (Fsp3) is 0.821. The molecule has 0 aromatic carbocycles. The van der Waals surface area contributed by atoms with Crippen molar-refractivity contribution in [3.8, 4) is 0 Å². The number of aromatic nitrogens is 2. The van der Waals surface area contributed by atoms with Crippen molar-refractivity contribution in [2.45, 2.75) is 113 Å². The van der Waals surface area contributed by atoms with E-state index in [-0.39, 0.29) is 34.8 Å². The van der Waals surface area contributed by atoms with E-state index in [9.17, 15) is 14.4 Å². The van der Waals surface area contributed by atoms with Crippen LogP contribution in [0.25, 0.3) is 0 Å². The summed E-state index contributed by atoms with van der Waals surface area (Å²) in [7, 11) is -1.45. The molecule has 1 aromatic rings. The molecule has 40 heavy (non-hydrogen) atoms. The summed E-state index contributed by atoms with van der Waals surface area (Å²) in [4.78, 5) is 38.9. The molecule has 1 N–H and O–H groups in total. The zero-order chi connectivity index (χ0) is 30.2. The predicted octanol–water partition coefficient (Wildman–Crippen LogP) is 5.25. The van der Waals surface area contributed by atoms with Crippen LogP contribution in [0.3, 0.4) is 0 Å². The van der Waals surface area contributed by atoms with Crippen molar-refractivity contribution in [2.75, 3.05) is 25.6 Å². The molecule has 2 rings (SSSR count). The zero-order valence-corrected chi connectivity index (χ0v) is 27.6. The first-order chi connectivity index (χ1) is 18.6. The van der Waals surface area contributed by atoms with Gasteiger partial charge in [-0.1, -0.05) is 46.4 Å². The van der Waals surface area contributed by atoms with Crippen molar-refractivity contribution in [3.05, 3.63) is 32.6 Å². The number of nitrogens with zero attached hydrogens (tertiary/aromatic N) is 2. The summed E-state index contributed by atoms with van der Waals surface area (Å²) < 4.78 is 28.8. The molecule has 0 amide bonds. The molecule has 10 nitrogen and oxygen atoms in total. The lowest BCUT2D eigenvalue weighted by molar-refractivity contribution is -0.117. The second kappa shape index (κ2) is 16.0. The van der Waals surface area contributed by atoms with Crippen LogP contribution in [0.1, 0.15) is 86.9 Å². The van der Waals surface area contributed by atoms with Crippen LogP contribution in [0.5, 0.6) is 0 Å². The average molecular weight is 604 g/mol. The molecular weight excluding hydrogens is 553 g/mol. The topological polar surface area (TPSA) is 112 Å². The van der Waals surface area contributed by atoms with Crippen molar-refractivity contribution in [1.82, 2.24) is 14.2 Å². The summed E-state index contributed by atoms with van der Waals surface area (Å²) in [6, 6.07) is 0.357. The molecule has 1 aliphatic heterocycles. The molecule has 12 heteroatoms. The number of nitrogens with one attached hydrogen (secondary N) is 1. The van der Waals surface area contributed by atoms with Gasteiger partial charge in [-0.15, -0.1) is 0 Å². The molecular formula is C28H50N3O7PS. The maximum Gasteiger partial charge on any atom is 0.330 e. The van der Waals surface area contributed by atoms with Crippen LogP contribution >= 0.6 is 20.3 Å². The van der Waals surface area contributed by atoms with Crippen molar-refractivity contribution in [1.29, 1.82) is 0 Å². The van der Waals surface area contributed by atoms with E-state index in [1.54, 1.807) is 13.1 Å². The molecule has 4 atom stereocenters. The maximum absolute atomic E-state index is 12.6. The summed E-state index contributed by atoms with van der Waals surface area (Å²) in [5.74, 6) is 0.964. The van der Waals surface area contributed by atoms with Crippen LogP contribution in [0.4, 0.5) is 0 Å². The number of aryl methyl sites for hydroxylation is 1. The Hall–Kier alpha value is -1.07. The Morgan fingerprint density at radius 1 is 1.15 bits per heavy atom. The first-order valence-electron chi connectivity index (χ1n) is 14.2. The Bertz CT molecular complexity index is 1050. The van der Waals surface area contributed by atoms with Crippen LogP contribution in [-0.2, 0) is 23.3 Å². The van der Waals surface area contributed by atoms with Gasteiger partial charge in [-0.2, -0.15) is 0 Å². The van der Waals surface area contributed by atoms with Gasteiger partial charge in [0.15, 0.2) is 5.12 Å². The number of carbonyl (C=O) groups is 1. The van der Waals surface area contributed by atoms with E-state index >= 15 is 0 Å². The Morgan fingerprint density at radius 3 is 2.38 bits per heavy atom. The first-order valence-corrected chi connectivity index (χ1v) is 16.3. The number of ether oxygens (including phenoxy) is 2. The predicted molar refractivity (Wildman–Crippen MR) is 162 cm³/mol. The minimum atomic E-state index is -1.45. The normalized spacial score (nSPS) is 20.8. The SMILES string of the molecule is Cc1cn(C2CC(OP(OCCOCCSC(=O)C(C)(C)C)N(C(C)C)C(C)C)C(CC(C)C)O2)c(=O)[nH]c1=O. The van der Waals surface area contributed by atoms with Crippen molar-refractivity contribution in [3.63, 3.8) is 0 Å². The van der Waals surface area contributed by atoms with E-state index in [0.29, 0.717) is 43.5 Å². The number of thioether (sulfide) groups is 1. The van der Waals surface area contributed by atoms with Gasteiger partial charge in [0, 0.05) is 41.4 Å². The van der Waals surface area contributed by atoms with E-state index in [0.717, 1.165) is 6.42 Å². The lowest BCUT2D eigenvalue weighted by atomic mass is 10.00. The number of aromatic amines is 1. The molecule has 0 saturated carbocycles. The number of hydrogen-bond acceptors (Lipinski definition) is 9. The summed E-state index contributed by atoms with van der Waals surface area (Å²) >= 11 is 1.30. The highest BCUT2D eigenvalue weighted by atomic mass is 32.2. The summed E-state index contributed by atoms with van der Waals surface area (Å²) in [6.07, 6.45) is 1.71. The van der Waals surface area contributed by atoms with E-state index in [1.165, 1.54) is 16.3 Å². The highest BCUT2D eigenvalue weighted by molar-refractivity contribution is 8.13. The third-order valence-corrected chi connectivity index (χ3v) is 9.72. The third-order valence-electron chi connectivity index (χ3n) is 6.32. The molecule has 0 aliphatic carbocycles. The number of carbonyl (C=O) groups excluding carboxylic acids is 1. The van der Waals surface area contributed by atoms with E-state index in [4.69, 9.17) is 18.5 Å². The van der Waals surface area contributed by atoms with Crippen LogP contribution in [0.2, 0.25) is 0 Å². The number of rotatable bonds is 15. The molecule has 0 radical (unpaired) electrons. The minimum absolute atomic E-state index is 0.154. The second-order valence-corrected chi connectivity index (χ2v) is 14.7. The zero-order valence-electron chi connectivity index (χ0n) is 25.9. The van der Waals surface area contributed by atoms with Crippen molar-refractivity contribution < 1.29 is 23.3 Å². The molecule has 4 unspecified atom stereocenters. The van der Waals surface area contributed by atoms with Crippen molar-refractivity contribution in [2.24, 2.45) is 11.3 Å². The summed E-state index contributed by atoms with van der Waals surface area (Å²) in [5, 5.41) is 0.154. The molecule has 230 valence electrons. The highest BCUT2D eigenvalue weighted by Crippen LogP contribution is 2.50. The first kappa shape index (κ1) is 35.1. The van der Waals surface area contributed by atoms with Gasteiger partial charge in [-0.3, -0.25) is 19.1 Å². The van der Waals surface area contributed by atoms with Crippen molar-refractivity contribution >= 4 is 25.4 Å². The molecule has 1 aromatic heterocycles. The third kappa shape index (κ3) is 10.6. The lowest BCUT2D eigenvalue weighted by Gasteiger charge is -2.37. The molecule has 0 spiro atoms. The maximum atomic E-state index is 12.6. The van der Waals surface area contributed by atoms with E-state index in [2.05, 4.69) is 51.2 Å². The van der Waals surface area contributed by atoms with Gasteiger partial charge >= 0.3 is 5.69 Å². The lowest BCUT2D eigenvalue weighted by Crippen LogP contribution is -2.36. The molecule has 1 fully saturated rings. The summed E-state index contributed by atoms with van der Waals surface area (Å²) in [5.41, 5.74) is -0.799. The monoisotopic (exact) mass is 603 g/mol. The van der Waals surface area contributed by atoms with Gasteiger partial charge in [-0.05, 0) is 47.0 Å². The average Bonchev–Trinajstić information content (AvgIpc) is 3.20. The van der Waals surface area contributed by atoms with Crippen LogP contribution in [0.15, 0.2) is 15.8 Å². The molecule has 1 aliphatic rings. The fourth-order valence-corrected chi connectivity index (χ4v) is 6.95. The second-order valence-electron chi connectivity index (χ2n) is 12.3. The van der Waals surface area contributed by atoms with Gasteiger partial charge in [0.2, 0.25) is 0 Å². The Morgan fingerprint density at radius 2 is 1.80 bits per heavy atom. The van der Waals surface area contributed by atoms with Crippen LogP contribution in [0, 0.1) is 18.3 Å². The van der Waals surface area contributed by atoms with Gasteiger partial charge in [-0.25, -0.2) is 9.46 Å². The Kier molecular flexibility index (Phi) is 14.0. The molecule has 0 bridgehead atoms. The summed E-state index contributed by atoms with van der Waals surface area (Å²) in [6.45, 7) is 21.3. The quantitative estimate of drug-likeness (QED) is 0.212. The number of hydrogen-bond donors (Lipinski definition) is 1. The largest absolute Gasteiger partial charge is 0.378 e. The standard InChI is InChI=1S/C28H50N3O7PS/c1-18(2)15-22-23(16-24(37-22)30-17-21(7)25(32)29-27(30)34)38-39(31(19(3)4)20(5)6)36-12-11-35-13-14-40-26(33)28(8,9)10/h17-20,22-24H,11-16H2,1-10H3,(H,29,32,34). The van der Waals surface area contributed by atoms with Gasteiger partial charge in [0.1, 0.15) is 6.23 Å². The Labute approximate surface area is 244 Å². The van der Waals surface area contributed by atoms with E-state index < -0.39 is 26.0 Å². The number of H-pyrrole nitrogens is 1. The van der Waals surface area contributed by atoms with Gasteiger partial charge in [0.25, 0.3) is 14.1 Å². The molecule has 1 saturated heterocycles. The van der Waals surface area contributed by atoms with Gasteiger partial charge in [0.05, 0.1) is 32.0 Å². The smallest absolute Gasteiger partial charge is 0.330 e. The minimum Gasteiger partial charge on any atom is -0.378 e. The van der Waals surface area contributed by atoms with Crippen LogP contribution < -0.4 is 11.2 Å².